The van der Waals surface area contributed by atoms with Gasteiger partial charge in [-0.15, -0.1) is 0 Å². The summed E-state index contributed by atoms with van der Waals surface area (Å²) in [5.74, 6) is -0.829. The Morgan fingerprint density at radius 2 is 2.00 bits per heavy atom. The first-order valence-electron chi connectivity index (χ1n) is 6.84. The number of alkyl halides is 3. The summed E-state index contributed by atoms with van der Waals surface area (Å²) in [6.07, 6.45) is -3.92. The molecule has 6 heteroatoms. The van der Waals surface area contributed by atoms with E-state index in [1.807, 2.05) is 26.0 Å². The molecule has 0 saturated heterocycles. The summed E-state index contributed by atoms with van der Waals surface area (Å²) in [6.45, 7) is 4.75. The molecule has 0 fully saturated rings. The smallest absolute Gasteiger partial charge is 0.311 e. The summed E-state index contributed by atoms with van der Waals surface area (Å²) in [7, 11) is 0. The van der Waals surface area contributed by atoms with E-state index >= 15 is 0 Å². The number of nitrogens with one attached hydrogen (secondary N) is 1. The van der Waals surface area contributed by atoms with E-state index in [0.29, 0.717) is 36.6 Å². The zero-order chi connectivity index (χ0) is 15.2. The number of benzene rings is 1. The molecule has 21 heavy (non-hydrogen) atoms. The third kappa shape index (κ3) is 2.44. The Bertz CT molecular complexity index is 686. The Morgan fingerprint density at radius 3 is 2.71 bits per heavy atom. The molecule has 1 aromatic heterocycles. The van der Waals surface area contributed by atoms with Crippen molar-refractivity contribution in [3.8, 4) is 5.69 Å². The molecule has 0 saturated carbocycles. The summed E-state index contributed by atoms with van der Waals surface area (Å²) in [5.41, 5.74) is 3.46. The number of hydrogen-bond acceptors (Lipinski definition) is 2. The molecule has 0 spiro atoms. The largest absolute Gasteiger partial charge is 0.450 e. The molecule has 0 unspecified atom stereocenters. The number of imidazole rings is 1. The first-order valence-corrected chi connectivity index (χ1v) is 6.84. The molecule has 2 heterocycles. The van der Waals surface area contributed by atoms with Crippen molar-refractivity contribution in [2.75, 3.05) is 6.54 Å². The lowest BCUT2D eigenvalue weighted by Crippen LogP contribution is -2.25. The zero-order valence-electron chi connectivity index (χ0n) is 11.9. The van der Waals surface area contributed by atoms with E-state index in [-0.39, 0.29) is 0 Å². The summed E-state index contributed by atoms with van der Waals surface area (Å²) in [4.78, 5) is 3.84. The van der Waals surface area contributed by atoms with Gasteiger partial charge in [-0.3, -0.25) is 4.57 Å². The van der Waals surface area contributed by atoms with Crippen LogP contribution in [0, 0.1) is 13.8 Å². The predicted octanol–water partition coefficient (Wildman–Crippen LogP) is 3.15. The van der Waals surface area contributed by atoms with E-state index in [9.17, 15) is 13.2 Å². The van der Waals surface area contributed by atoms with E-state index < -0.39 is 12.0 Å². The Kier molecular flexibility index (Phi) is 3.28. The second-order valence-corrected chi connectivity index (χ2v) is 5.38. The van der Waals surface area contributed by atoms with Crippen molar-refractivity contribution >= 4 is 0 Å². The number of halogens is 3. The highest BCUT2D eigenvalue weighted by atomic mass is 19.4. The maximum Gasteiger partial charge on any atom is 0.450 e. The molecule has 2 aromatic rings. The van der Waals surface area contributed by atoms with Gasteiger partial charge in [-0.1, -0.05) is 12.1 Å². The van der Waals surface area contributed by atoms with Gasteiger partial charge in [-0.2, -0.15) is 13.2 Å². The summed E-state index contributed by atoms with van der Waals surface area (Å²) >= 11 is 0. The molecule has 0 amide bonds. The molecule has 0 radical (unpaired) electrons. The van der Waals surface area contributed by atoms with Crippen LogP contribution < -0.4 is 5.32 Å². The van der Waals surface area contributed by atoms with Gasteiger partial charge < -0.3 is 5.32 Å². The highest BCUT2D eigenvalue weighted by Gasteiger charge is 2.39. The van der Waals surface area contributed by atoms with Gasteiger partial charge in [-0.25, -0.2) is 4.98 Å². The Balaban J connectivity index is 2.29. The lowest BCUT2D eigenvalue weighted by molar-refractivity contribution is -0.146. The first kappa shape index (κ1) is 14.1. The fraction of sp³-hybridized carbons (Fsp3) is 0.400. The fourth-order valence-electron chi connectivity index (χ4n) is 2.72. The number of hydrogen-bond donors (Lipinski definition) is 1. The van der Waals surface area contributed by atoms with Crippen LogP contribution in [0.1, 0.15) is 28.3 Å². The van der Waals surface area contributed by atoms with E-state index in [1.54, 1.807) is 6.07 Å². The van der Waals surface area contributed by atoms with Crippen molar-refractivity contribution in [1.82, 2.24) is 14.9 Å². The van der Waals surface area contributed by atoms with Crippen molar-refractivity contribution < 1.29 is 13.2 Å². The van der Waals surface area contributed by atoms with E-state index in [0.717, 1.165) is 11.1 Å². The standard InChI is InChI=1S/C15H16F3N3/c1-9-3-4-10(2)13(7-9)21-12-5-6-19-8-11(12)20-14(21)15(16,17)18/h3-4,7,19H,5-6,8H2,1-2H3. The Labute approximate surface area is 120 Å². The molecule has 1 aliphatic heterocycles. The molecule has 1 aliphatic rings. The molecule has 3 rings (SSSR count). The van der Waals surface area contributed by atoms with Crippen molar-refractivity contribution in [2.45, 2.75) is 33.0 Å². The summed E-state index contributed by atoms with van der Waals surface area (Å²) < 4.78 is 41.3. The van der Waals surface area contributed by atoms with Gasteiger partial charge in [0.05, 0.1) is 11.4 Å². The molecule has 0 aliphatic carbocycles. The molecular weight excluding hydrogens is 279 g/mol. The monoisotopic (exact) mass is 295 g/mol. The zero-order valence-corrected chi connectivity index (χ0v) is 11.9. The minimum atomic E-state index is -4.46. The van der Waals surface area contributed by atoms with Crippen LogP contribution in [0.3, 0.4) is 0 Å². The van der Waals surface area contributed by atoms with E-state index in [4.69, 9.17) is 0 Å². The number of aryl methyl sites for hydroxylation is 2. The minimum absolute atomic E-state index is 0.385. The minimum Gasteiger partial charge on any atom is -0.311 e. The second-order valence-electron chi connectivity index (χ2n) is 5.38. The molecule has 0 bridgehead atoms. The summed E-state index contributed by atoms with van der Waals surface area (Å²) in [5, 5.41) is 3.07. The van der Waals surface area contributed by atoms with Crippen LogP contribution in [0.25, 0.3) is 5.69 Å². The number of rotatable bonds is 1. The summed E-state index contributed by atoms with van der Waals surface area (Å²) in [6, 6.07) is 5.53. The van der Waals surface area contributed by atoms with Gasteiger partial charge >= 0.3 is 6.18 Å². The normalized spacial score (nSPS) is 15.1. The quantitative estimate of drug-likeness (QED) is 0.876. The van der Waals surface area contributed by atoms with Crippen molar-refractivity contribution in [3.63, 3.8) is 0 Å². The highest BCUT2D eigenvalue weighted by molar-refractivity contribution is 5.47. The third-order valence-corrected chi connectivity index (χ3v) is 3.75. The van der Waals surface area contributed by atoms with Crippen LogP contribution in [0.5, 0.6) is 0 Å². The molecule has 3 nitrogen and oxygen atoms in total. The Hall–Kier alpha value is -1.82. The number of nitrogens with zero attached hydrogens (tertiary/aromatic N) is 2. The molecule has 1 aromatic carbocycles. The lowest BCUT2D eigenvalue weighted by atomic mass is 10.1. The van der Waals surface area contributed by atoms with Gasteiger partial charge in [0.15, 0.2) is 0 Å². The van der Waals surface area contributed by atoms with Gasteiger partial charge in [0.2, 0.25) is 5.82 Å². The first-order chi connectivity index (χ1) is 9.88. The van der Waals surface area contributed by atoms with Crippen LogP contribution in [-0.2, 0) is 19.1 Å². The van der Waals surface area contributed by atoms with Crippen molar-refractivity contribution in [3.05, 3.63) is 46.5 Å². The maximum absolute atomic E-state index is 13.3. The number of aromatic nitrogens is 2. The van der Waals surface area contributed by atoms with Gasteiger partial charge in [0.25, 0.3) is 0 Å². The van der Waals surface area contributed by atoms with Gasteiger partial charge in [0.1, 0.15) is 0 Å². The third-order valence-electron chi connectivity index (χ3n) is 3.75. The molecule has 112 valence electrons. The van der Waals surface area contributed by atoms with E-state index in [2.05, 4.69) is 10.3 Å². The van der Waals surface area contributed by atoms with Gasteiger partial charge in [-0.05, 0) is 31.0 Å². The predicted molar refractivity (Wildman–Crippen MR) is 73.5 cm³/mol. The molecular formula is C15H16F3N3. The Morgan fingerprint density at radius 1 is 1.24 bits per heavy atom. The van der Waals surface area contributed by atoms with E-state index in [1.165, 1.54) is 4.57 Å². The second kappa shape index (κ2) is 4.87. The average Bonchev–Trinajstić information content (AvgIpc) is 2.81. The van der Waals surface area contributed by atoms with Crippen LogP contribution in [0.2, 0.25) is 0 Å². The van der Waals surface area contributed by atoms with Crippen molar-refractivity contribution in [2.24, 2.45) is 0 Å². The lowest BCUT2D eigenvalue weighted by Gasteiger charge is -2.19. The SMILES string of the molecule is Cc1ccc(C)c(-n2c(C(F)(F)F)nc3c2CCNC3)c1. The van der Waals surface area contributed by atoms with Crippen molar-refractivity contribution in [1.29, 1.82) is 0 Å². The highest BCUT2D eigenvalue weighted by Crippen LogP contribution is 2.34. The average molecular weight is 295 g/mol. The fourth-order valence-corrected chi connectivity index (χ4v) is 2.72. The molecule has 1 N–H and O–H groups in total. The van der Waals surface area contributed by atoms with Crippen LogP contribution in [-0.4, -0.2) is 16.1 Å². The topological polar surface area (TPSA) is 29.9 Å². The number of fused-ring (bicyclic) bond motifs is 1. The van der Waals surface area contributed by atoms with Crippen LogP contribution in [0.15, 0.2) is 18.2 Å². The van der Waals surface area contributed by atoms with Crippen LogP contribution >= 0.6 is 0 Å². The maximum atomic E-state index is 13.3. The van der Waals surface area contributed by atoms with Crippen LogP contribution in [0.4, 0.5) is 13.2 Å². The molecule has 0 atom stereocenters. The van der Waals surface area contributed by atoms with Gasteiger partial charge in [0, 0.05) is 25.2 Å².